The van der Waals surface area contributed by atoms with Crippen LogP contribution in [0, 0.1) is 0 Å². The van der Waals surface area contributed by atoms with Gasteiger partial charge < -0.3 is 19.5 Å². The SMILES string of the molecule is COCCNc1nccnc1-c1cnc(OC)nc1OC. The summed E-state index contributed by atoms with van der Waals surface area (Å²) < 4.78 is 15.3. The van der Waals surface area contributed by atoms with E-state index in [-0.39, 0.29) is 6.01 Å². The van der Waals surface area contributed by atoms with Gasteiger partial charge in [0.15, 0.2) is 5.82 Å². The molecule has 21 heavy (non-hydrogen) atoms. The summed E-state index contributed by atoms with van der Waals surface area (Å²) in [5, 5.41) is 3.15. The van der Waals surface area contributed by atoms with Gasteiger partial charge in [0.25, 0.3) is 0 Å². The van der Waals surface area contributed by atoms with Crippen molar-refractivity contribution in [3.8, 4) is 23.1 Å². The highest BCUT2D eigenvalue weighted by molar-refractivity contribution is 5.74. The Kier molecular flexibility index (Phi) is 5.22. The fraction of sp³-hybridized carbons (Fsp3) is 0.385. The molecule has 0 aromatic carbocycles. The molecule has 0 aliphatic heterocycles. The predicted molar refractivity (Wildman–Crippen MR) is 76.5 cm³/mol. The number of hydrogen-bond donors (Lipinski definition) is 1. The average Bonchev–Trinajstić information content (AvgIpc) is 2.55. The van der Waals surface area contributed by atoms with Crippen LogP contribution in [-0.2, 0) is 4.74 Å². The van der Waals surface area contributed by atoms with Crippen LogP contribution in [0.3, 0.4) is 0 Å². The molecule has 0 bridgehead atoms. The second-order valence-electron chi connectivity index (χ2n) is 3.95. The van der Waals surface area contributed by atoms with Gasteiger partial charge in [-0.2, -0.15) is 4.98 Å². The molecule has 0 spiro atoms. The van der Waals surface area contributed by atoms with Gasteiger partial charge >= 0.3 is 6.01 Å². The number of rotatable bonds is 7. The maximum Gasteiger partial charge on any atom is 0.319 e. The van der Waals surface area contributed by atoms with Gasteiger partial charge in [-0.25, -0.2) is 9.97 Å². The third-order valence-corrected chi connectivity index (χ3v) is 2.66. The van der Waals surface area contributed by atoms with Crippen LogP contribution in [0.15, 0.2) is 18.6 Å². The first-order valence-electron chi connectivity index (χ1n) is 6.29. The Morgan fingerprint density at radius 2 is 1.86 bits per heavy atom. The Bertz CT molecular complexity index is 594. The smallest absolute Gasteiger partial charge is 0.319 e. The Balaban J connectivity index is 2.37. The maximum atomic E-state index is 5.27. The van der Waals surface area contributed by atoms with Gasteiger partial charge in [0.1, 0.15) is 5.69 Å². The van der Waals surface area contributed by atoms with Crippen molar-refractivity contribution in [2.45, 2.75) is 0 Å². The van der Waals surface area contributed by atoms with Crippen LogP contribution in [0.25, 0.3) is 11.3 Å². The molecular formula is C13H17N5O3. The van der Waals surface area contributed by atoms with Gasteiger partial charge in [0.2, 0.25) is 5.88 Å². The highest BCUT2D eigenvalue weighted by Crippen LogP contribution is 2.30. The van der Waals surface area contributed by atoms with Crippen LogP contribution < -0.4 is 14.8 Å². The van der Waals surface area contributed by atoms with Crippen LogP contribution in [0.2, 0.25) is 0 Å². The van der Waals surface area contributed by atoms with Gasteiger partial charge in [0, 0.05) is 32.2 Å². The predicted octanol–water partition coefficient (Wildman–Crippen LogP) is 1.01. The molecule has 0 fully saturated rings. The summed E-state index contributed by atoms with van der Waals surface area (Å²) in [4.78, 5) is 16.8. The highest BCUT2D eigenvalue weighted by atomic mass is 16.5. The van der Waals surface area contributed by atoms with E-state index in [2.05, 4.69) is 25.3 Å². The molecule has 1 N–H and O–H groups in total. The van der Waals surface area contributed by atoms with E-state index in [1.165, 1.54) is 14.2 Å². The molecule has 8 heteroatoms. The average molecular weight is 291 g/mol. The fourth-order valence-electron chi connectivity index (χ4n) is 1.70. The summed E-state index contributed by atoms with van der Waals surface area (Å²) in [5.74, 6) is 0.985. The lowest BCUT2D eigenvalue weighted by atomic mass is 10.2. The number of anilines is 1. The van der Waals surface area contributed by atoms with E-state index in [1.807, 2.05) is 0 Å². The summed E-state index contributed by atoms with van der Waals surface area (Å²) in [7, 11) is 4.66. The van der Waals surface area contributed by atoms with Gasteiger partial charge in [-0.3, -0.25) is 4.98 Å². The van der Waals surface area contributed by atoms with Crippen LogP contribution in [-0.4, -0.2) is 54.4 Å². The second kappa shape index (κ2) is 7.34. The quantitative estimate of drug-likeness (QED) is 0.756. The summed E-state index contributed by atoms with van der Waals surface area (Å²) in [6, 6.07) is 0.230. The molecule has 2 aromatic rings. The monoisotopic (exact) mass is 291 g/mol. The molecule has 2 heterocycles. The van der Waals surface area contributed by atoms with E-state index in [9.17, 15) is 0 Å². The van der Waals surface area contributed by atoms with Gasteiger partial charge in [-0.05, 0) is 0 Å². The van der Waals surface area contributed by atoms with Crippen molar-refractivity contribution < 1.29 is 14.2 Å². The first-order valence-corrected chi connectivity index (χ1v) is 6.29. The summed E-state index contributed by atoms with van der Waals surface area (Å²) in [5.41, 5.74) is 1.24. The lowest BCUT2D eigenvalue weighted by Crippen LogP contribution is -2.10. The summed E-state index contributed by atoms with van der Waals surface area (Å²) in [6.07, 6.45) is 4.80. The second-order valence-corrected chi connectivity index (χ2v) is 3.95. The Morgan fingerprint density at radius 3 is 2.57 bits per heavy atom. The number of aromatic nitrogens is 4. The molecule has 2 rings (SSSR count). The van der Waals surface area contributed by atoms with Crippen LogP contribution in [0.1, 0.15) is 0 Å². The number of hydrogen-bond acceptors (Lipinski definition) is 8. The van der Waals surface area contributed by atoms with Crippen molar-refractivity contribution in [2.75, 3.05) is 39.8 Å². The molecular weight excluding hydrogens is 274 g/mol. The molecule has 0 saturated carbocycles. The molecule has 2 aromatic heterocycles. The number of methoxy groups -OCH3 is 3. The van der Waals surface area contributed by atoms with Crippen molar-refractivity contribution in [3.05, 3.63) is 18.6 Å². The zero-order valence-electron chi connectivity index (χ0n) is 12.2. The molecule has 0 unspecified atom stereocenters. The Morgan fingerprint density at radius 1 is 1.05 bits per heavy atom. The first-order chi connectivity index (χ1) is 10.3. The molecule has 8 nitrogen and oxygen atoms in total. The minimum Gasteiger partial charge on any atom is -0.480 e. The van der Waals surface area contributed by atoms with Crippen molar-refractivity contribution in [2.24, 2.45) is 0 Å². The minimum absolute atomic E-state index is 0.230. The first kappa shape index (κ1) is 14.9. The van der Waals surface area contributed by atoms with Crippen LogP contribution in [0.4, 0.5) is 5.82 Å². The van der Waals surface area contributed by atoms with Crippen molar-refractivity contribution in [1.29, 1.82) is 0 Å². The lowest BCUT2D eigenvalue weighted by molar-refractivity contribution is 0.210. The van der Waals surface area contributed by atoms with E-state index in [0.29, 0.717) is 36.1 Å². The molecule has 0 atom stereocenters. The minimum atomic E-state index is 0.230. The van der Waals surface area contributed by atoms with E-state index >= 15 is 0 Å². The van der Waals surface area contributed by atoms with Gasteiger partial charge in [-0.15, -0.1) is 0 Å². The maximum absolute atomic E-state index is 5.27. The zero-order chi connectivity index (χ0) is 15.1. The summed E-state index contributed by atoms with van der Waals surface area (Å²) >= 11 is 0. The lowest BCUT2D eigenvalue weighted by Gasteiger charge is -2.12. The van der Waals surface area contributed by atoms with Gasteiger partial charge in [0.05, 0.1) is 26.4 Å². The van der Waals surface area contributed by atoms with Crippen molar-refractivity contribution in [1.82, 2.24) is 19.9 Å². The van der Waals surface area contributed by atoms with Crippen LogP contribution >= 0.6 is 0 Å². The Hall–Kier alpha value is -2.48. The van der Waals surface area contributed by atoms with Crippen LogP contribution in [0.5, 0.6) is 11.9 Å². The van der Waals surface area contributed by atoms with E-state index in [1.54, 1.807) is 25.7 Å². The third-order valence-electron chi connectivity index (χ3n) is 2.66. The summed E-state index contributed by atoms with van der Waals surface area (Å²) in [6.45, 7) is 1.17. The molecule has 0 amide bonds. The number of nitrogens with one attached hydrogen (secondary N) is 1. The topological polar surface area (TPSA) is 91.3 Å². The van der Waals surface area contributed by atoms with E-state index in [0.717, 1.165) is 0 Å². The Labute approximate surface area is 122 Å². The molecule has 0 aliphatic carbocycles. The molecule has 0 radical (unpaired) electrons. The molecule has 112 valence electrons. The standard InChI is InChI=1S/C13H17N5O3/c1-19-7-6-16-11-10(14-4-5-15-11)9-8-17-13(21-3)18-12(9)20-2/h4-5,8H,6-7H2,1-3H3,(H,15,16). The molecule has 0 saturated heterocycles. The number of ether oxygens (including phenoxy) is 3. The van der Waals surface area contributed by atoms with E-state index < -0.39 is 0 Å². The normalized spacial score (nSPS) is 10.2. The largest absolute Gasteiger partial charge is 0.480 e. The van der Waals surface area contributed by atoms with Crippen molar-refractivity contribution in [3.63, 3.8) is 0 Å². The number of nitrogens with zero attached hydrogens (tertiary/aromatic N) is 4. The fourth-order valence-corrected chi connectivity index (χ4v) is 1.70. The van der Waals surface area contributed by atoms with Gasteiger partial charge in [-0.1, -0.05) is 0 Å². The zero-order valence-corrected chi connectivity index (χ0v) is 12.2. The van der Waals surface area contributed by atoms with E-state index in [4.69, 9.17) is 14.2 Å². The third kappa shape index (κ3) is 3.54. The molecule has 0 aliphatic rings. The van der Waals surface area contributed by atoms with Crippen molar-refractivity contribution >= 4 is 5.82 Å². The highest BCUT2D eigenvalue weighted by Gasteiger charge is 2.15.